The van der Waals surface area contributed by atoms with E-state index in [2.05, 4.69) is 15.6 Å². The molecule has 36 heavy (non-hydrogen) atoms. The minimum absolute atomic E-state index is 0.0330. The zero-order valence-electron chi connectivity index (χ0n) is 20.0. The third kappa shape index (κ3) is 5.15. The molecule has 2 aliphatic rings. The Hall–Kier alpha value is -2.84. The fourth-order valence-electron chi connectivity index (χ4n) is 5.31. The highest BCUT2D eigenvalue weighted by molar-refractivity contribution is 6.31. The fraction of sp³-hybridized carbons (Fsp3) is 0.407. The number of fused-ring (bicyclic) bond motifs is 2. The molecule has 2 heterocycles. The van der Waals surface area contributed by atoms with Crippen molar-refractivity contribution in [1.29, 1.82) is 0 Å². The summed E-state index contributed by atoms with van der Waals surface area (Å²) in [6.45, 7) is 1.73. The van der Waals surface area contributed by atoms with E-state index in [1.54, 1.807) is 12.1 Å². The molecule has 2 N–H and O–H groups in total. The van der Waals surface area contributed by atoms with E-state index >= 15 is 0 Å². The maximum Gasteiger partial charge on any atom is 0.433 e. The molecular weight excluding hydrogens is 489 g/mol. The molecular formula is C27H28ClF3N4O. The molecule has 1 aliphatic heterocycles. The van der Waals surface area contributed by atoms with Gasteiger partial charge < -0.3 is 15.5 Å². The van der Waals surface area contributed by atoms with E-state index in [1.165, 1.54) is 17.2 Å². The second-order valence-corrected chi connectivity index (χ2v) is 10.1. The highest BCUT2D eigenvalue weighted by Gasteiger charge is 2.35. The summed E-state index contributed by atoms with van der Waals surface area (Å²) in [5, 5.41) is 7.53. The predicted molar refractivity (Wildman–Crippen MR) is 136 cm³/mol. The van der Waals surface area contributed by atoms with Crippen LogP contribution in [0.25, 0.3) is 10.9 Å². The zero-order valence-corrected chi connectivity index (χ0v) is 20.7. The molecule has 1 aliphatic carbocycles. The van der Waals surface area contributed by atoms with E-state index in [1.807, 2.05) is 30.1 Å². The first kappa shape index (κ1) is 24.8. The molecule has 2 aromatic carbocycles. The maximum absolute atomic E-state index is 13.5. The predicted octanol–water partition coefficient (Wildman–Crippen LogP) is 5.73. The van der Waals surface area contributed by atoms with Gasteiger partial charge in [-0.25, -0.2) is 4.98 Å². The van der Waals surface area contributed by atoms with Gasteiger partial charge in [0.15, 0.2) is 0 Å². The molecule has 190 valence electrons. The number of carbonyl (C=O) groups is 1. The van der Waals surface area contributed by atoms with Gasteiger partial charge in [0, 0.05) is 47.3 Å². The van der Waals surface area contributed by atoms with E-state index in [0.29, 0.717) is 21.7 Å². The summed E-state index contributed by atoms with van der Waals surface area (Å²) in [4.78, 5) is 18.6. The van der Waals surface area contributed by atoms with Crippen molar-refractivity contribution in [3.05, 3.63) is 69.9 Å². The number of hydrogen-bond acceptors (Lipinski definition) is 4. The van der Waals surface area contributed by atoms with Crippen LogP contribution in [0.2, 0.25) is 5.02 Å². The van der Waals surface area contributed by atoms with Crippen LogP contribution in [0.3, 0.4) is 0 Å². The smallest absolute Gasteiger partial charge is 0.371 e. The second-order valence-electron chi connectivity index (χ2n) is 9.69. The standard InChI is InChI=1S/C27H28ClF3N4O/c1-35(24-14-25(27(29,30)31)34-23-9-4-19(28)13-22(23)24)21-7-5-20(6-8-21)33-26(36)17-3-2-16-10-11-32-15-18(16)12-17/h2-4,9,12-14,20-21,32H,5-8,10-11,15H2,1H3,(H,33,36)/t20-,21+. The minimum atomic E-state index is -4.54. The molecule has 0 bridgehead atoms. The Balaban J connectivity index is 1.28. The number of alkyl halides is 3. The molecule has 0 spiro atoms. The summed E-state index contributed by atoms with van der Waals surface area (Å²) in [5.41, 5.74) is 2.92. The van der Waals surface area contributed by atoms with Crippen molar-refractivity contribution in [2.75, 3.05) is 18.5 Å². The monoisotopic (exact) mass is 516 g/mol. The van der Waals surface area contributed by atoms with Crippen LogP contribution in [0.4, 0.5) is 18.9 Å². The number of nitrogens with one attached hydrogen (secondary N) is 2. The summed E-state index contributed by atoms with van der Waals surface area (Å²) in [5.74, 6) is -0.0789. The number of halogens is 4. The first-order chi connectivity index (χ1) is 17.2. The molecule has 1 amide bonds. The summed E-state index contributed by atoms with van der Waals surface area (Å²) in [6, 6.07) is 11.8. The van der Waals surface area contributed by atoms with Crippen molar-refractivity contribution >= 4 is 34.1 Å². The second kappa shape index (κ2) is 9.90. The van der Waals surface area contributed by atoms with Gasteiger partial charge in [0.1, 0.15) is 5.69 Å². The quantitative estimate of drug-likeness (QED) is 0.465. The minimum Gasteiger partial charge on any atom is -0.371 e. The van der Waals surface area contributed by atoms with Crippen LogP contribution in [-0.4, -0.2) is 36.6 Å². The van der Waals surface area contributed by atoms with E-state index in [9.17, 15) is 18.0 Å². The van der Waals surface area contributed by atoms with Crippen molar-refractivity contribution in [1.82, 2.24) is 15.6 Å². The van der Waals surface area contributed by atoms with Gasteiger partial charge >= 0.3 is 6.18 Å². The molecule has 1 aromatic heterocycles. The first-order valence-electron chi connectivity index (χ1n) is 12.2. The van der Waals surface area contributed by atoms with Crippen molar-refractivity contribution in [3.63, 3.8) is 0 Å². The maximum atomic E-state index is 13.5. The Morgan fingerprint density at radius 3 is 2.61 bits per heavy atom. The molecule has 0 unspecified atom stereocenters. The van der Waals surface area contributed by atoms with Gasteiger partial charge in [-0.3, -0.25) is 4.79 Å². The van der Waals surface area contributed by atoms with Gasteiger partial charge in [-0.15, -0.1) is 0 Å². The molecule has 1 fully saturated rings. The van der Waals surface area contributed by atoms with Gasteiger partial charge in [0.2, 0.25) is 0 Å². The summed E-state index contributed by atoms with van der Waals surface area (Å²) < 4.78 is 40.6. The third-order valence-corrected chi connectivity index (χ3v) is 7.59. The number of benzene rings is 2. The van der Waals surface area contributed by atoms with Crippen molar-refractivity contribution in [3.8, 4) is 0 Å². The average Bonchev–Trinajstić information content (AvgIpc) is 2.87. The zero-order chi connectivity index (χ0) is 25.4. The Morgan fingerprint density at radius 2 is 1.86 bits per heavy atom. The van der Waals surface area contributed by atoms with E-state index in [0.717, 1.165) is 51.3 Å². The van der Waals surface area contributed by atoms with Gasteiger partial charge in [0.25, 0.3) is 5.91 Å². The summed E-state index contributed by atoms with van der Waals surface area (Å²) >= 11 is 6.16. The van der Waals surface area contributed by atoms with Gasteiger partial charge in [-0.1, -0.05) is 17.7 Å². The first-order valence-corrected chi connectivity index (χ1v) is 12.6. The van der Waals surface area contributed by atoms with Crippen molar-refractivity contribution in [2.24, 2.45) is 0 Å². The number of anilines is 1. The highest BCUT2D eigenvalue weighted by atomic mass is 35.5. The van der Waals surface area contributed by atoms with Crippen molar-refractivity contribution in [2.45, 2.75) is 56.9 Å². The number of amides is 1. The van der Waals surface area contributed by atoms with Crippen LogP contribution in [0.15, 0.2) is 42.5 Å². The topological polar surface area (TPSA) is 57.3 Å². The Labute approximate surface area is 213 Å². The lowest BCUT2D eigenvalue weighted by atomic mass is 9.89. The third-order valence-electron chi connectivity index (χ3n) is 7.35. The van der Waals surface area contributed by atoms with Crippen LogP contribution in [0.5, 0.6) is 0 Å². The summed E-state index contributed by atoms with van der Waals surface area (Å²) in [7, 11) is 1.82. The lowest BCUT2D eigenvalue weighted by molar-refractivity contribution is -0.140. The molecule has 9 heteroatoms. The number of hydrogen-bond donors (Lipinski definition) is 2. The molecule has 0 radical (unpaired) electrons. The van der Waals surface area contributed by atoms with Crippen LogP contribution in [0, 0.1) is 0 Å². The molecule has 0 saturated heterocycles. The normalized spacial score (nSPS) is 20.1. The fourth-order valence-corrected chi connectivity index (χ4v) is 5.48. The van der Waals surface area contributed by atoms with E-state index in [-0.39, 0.29) is 23.5 Å². The molecule has 3 aromatic rings. The van der Waals surface area contributed by atoms with Gasteiger partial charge in [0.05, 0.1) is 5.52 Å². The number of nitrogens with zero attached hydrogens (tertiary/aromatic N) is 2. The Kier molecular flexibility index (Phi) is 6.83. The number of carbonyl (C=O) groups excluding carboxylic acids is 1. The molecule has 0 atom stereocenters. The average molecular weight is 517 g/mol. The van der Waals surface area contributed by atoms with Crippen LogP contribution < -0.4 is 15.5 Å². The van der Waals surface area contributed by atoms with Gasteiger partial charge in [-0.05, 0) is 86.2 Å². The SMILES string of the molecule is CN(c1cc(C(F)(F)F)nc2ccc(Cl)cc12)[C@H]1CC[C@@H](NC(=O)c2ccc3c(c2)CNCC3)CC1. The molecule has 5 nitrogen and oxygen atoms in total. The Morgan fingerprint density at radius 1 is 1.08 bits per heavy atom. The van der Waals surface area contributed by atoms with Gasteiger partial charge in [-0.2, -0.15) is 13.2 Å². The number of rotatable bonds is 4. The highest BCUT2D eigenvalue weighted by Crippen LogP contribution is 2.37. The number of pyridine rings is 1. The largest absolute Gasteiger partial charge is 0.433 e. The van der Waals surface area contributed by atoms with Crippen LogP contribution >= 0.6 is 11.6 Å². The molecule has 5 rings (SSSR count). The van der Waals surface area contributed by atoms with E-state index < -0.39 is 11.9 Å². The van der Waals surface area contributed by atoms with E-state index in [4.69, 9.17) is 11.6 Å². The van der Waals surface area contributed by atoms with Crippen LogP contribution in [0.1, 0.15) is 52.9 Å². The molecule has 1 saturated carbocycles. The van der Waals surface area contributed by atoms with Crippen molar-refractivity contribution < 1.29 is 18.0 Å². The van der Waals surface area contributed by atoms with Crippen LogP contribution in [-0.2, 0) is 19.1 Å². The Bertz CT molecular complexity index is 1290. The lowest BCUT2D eigenvalue weighted by Crippen LogP contribution is -2.43. The summed E-state index contributed by atoms with van der Waals surface area (Å²) in [6.07, 6.45) is -0.564. The lowest BCUT2D eigenvalue weighted by Gasteiger charge is -2.37. The number of aromatic nitrogens is 1.